The molecule has 1 aromatic carbocycles. The Kier molecular flexibility index (Phi) is 2.59. The van der Waals surface area contributed by atoms with Crippen LogP contribution in [0.1, 0.15) is 37.3 Å². The van der Waals surface area contributed by atoms with E-state index in [2.05, 4.69) is 50.1 Å². The summed E-state index contributed by atoms with van der Waals surface area (Å²) < 4.78 is 0. The third-order valence-electron chi connectivity index (χ3n) is 4.23. The second kappa shape index (κ2) is 3.99. The van der Waals surface area contributed by atoms with E-state index in [0.717, 1.165) is 0 Å². The van der Waals surface area contributed by atoms with Gasteiger partial charge >= 0.3 is 0 Å². The largest absolute Gasteiger partial charge is 0.305 e. The molecule has 3 rings (SSSR count). The molecule has 1 aliphatic heterocycles. The number of likely N-dealkylation sites (N-methyl/N-ethyl adjacent to an activating group) is 1. The Morgan fingerprint density at radius 2 is 2.00 bits per heavy atom. The Labute approximate surface area is 104 Å². The number of likely N-dealkylation sites (tertiary alicyclic amines) is 1. The second-order valence-electron chi connectivity index (χ2n) is 5.75. The molecular formula is C16H21N. The van der Waals surface area contributed by atoms with Gasteiger partial charge in [-0.15, -0.1) is 0 Å². The number of allylic oxidation sites excluding steroid dienone is 1. The first-order valence-electron chi connectivity index (χ1n) is 6.69. The van der Waals surface area contributed by atoms with Crippen LogP contribution in [0, 0.1) is 5.92 Å². The number of hydrogen-bond acceptors (Lipinski definition) is 1. The van der Waals surface area contributed by atoms with Crippen LogP contribution in [0.15, 0.2) is 29.8 Å². The van der Waals surface area contributed by atoms with Crippen molar-refractivity contribution in [2.45, 2.75) is 26.2 Å². The number of fused-ring (bicyclic) bond motifs is 3. The molecule has 0 radical (unpaired) electrons. The summed E-state index contributed by atoms with van der Waals surface area (Å²) in [6.45, 7) is 7.08. The van der Waals surface area contributed by atoms with Gasteiger partial charge in [0.1, 0.15) is 0 Å². The molecule has 1 nitrogen and oxygen atoms in total. The molecular weight excluding hydrogens is 206 g/mol. The van der Waals surface area contributed by atoms with Crippen molar-refractivity contribution >= 4 is 5.57 Å². The lowest BCUT2D eigenvalue weighted by Crippen LogP contribution is -2.31. The Morgan fingerprint density at radius 1 is 1.24 bits per heavy atom. The summed E-state index contributed by atoms with van der Waals surface area (Å²) in [4.78, 5) is 2.47. The van der Waals surface area contributed by atoms with Crippen LogP contribution in [0.3, 0.4) is 0 Å². The standard InChI is InChI=1S/C16H21N/c1-11(2)16-13-7-5-4-6-12(13)15-10-17(3)9-8-14(15)16/h4-7,11,15H,8-10H2,1-3H3. The molecule has 0 bridgehead atoms. The Bertz CT molecular complexity index is 470. The molecule has 1 fully saturated rings. The van der Waals surface area contributed by atoms with Gasteiger partial charge in [0, 0.05) is 19.0 Å². The average Bonchev–Trinajstić information content (AvgIpc) is 2.63. The third-order valence-corrected chi connectivity index (χ3v) is 4.23. The minimum atomic E-state index is 0.652. The molecule has 0 aromatic heterocycles. The zero-order valence-corrected chi connectivity index (χ0v) is 11.0. The molecule has 1 heterocycles. The molecule has 1 saturated heterocycles. The van der Waals surface area contributed by atoms with E-state index in [1.54, 1.807) is 16.7 Å². The summed E-state index contributed by atoms with van der Waals surface area (Å²) in [5.74, 6) is 1.32. The van der Waals surface area contributed by atoms with Crippen LogP contribution >= 0.6 is 0 Å². The van der Waals surface area contributed by atoms with Crippen LogP contribution in [0.5, 0.6) is 0 Å². The van der Waals surface area contributed by atoms with Crippen molar-refractivity contribution in [3.63, 3.8) is 0 Å². The normalized spacial score (nSPS) is 24.1. The smallest absolute Gasteiger partial charge is 0.0188 e. The fourth-order valence-electron chi connectivity index (χ4n) is 3.51. The highest BCUT2D eigenvalue weighted by molar-refractivity contribution is 5.79. The molecule has 1 aliphatic carbocycles. The van der Waals surface area contributed by atoms with Crippen LogP contribution in [0.2, 0.25) is 0 Å². The predicted octanol–water partition coefficient (Wildman–Crippen LogP) is 3.53. The molecule has 2 aliphatic rings. The van der Waals surface area contributed by atoms with Gasteiger partial charge < -0.3 is 4.90 Å². The summed E-state index contributed by atoms with van der Waals surface area (Å²) in [6.07, 6.45) is 1.25. The number of nitrogens with zero attached hydrogens (tertiary/aromatic N) is 1. The van der Waals surface area contributed by atoms with Crippen molar-refractivity contribution < 1.29 is 0 Å². The lowest BCUT2D eigenvalue weighted by atomic mass is 9.88. The molecule has 1 heteroatoms. The first-order valence-corrected chi connectivity index (χ1v) is 6.69. The van der Waals surface area contributed by atoms with Gasteiger partial charge in [0.15, 0.2) is 0 Å². The lowest BCUT2D eigenvalue weighted by molar-refractivity contribution is 0.293. The van der Waals surface area contributed by atoms with Gasteiger partial charge in [0.25, 0.3) is 0 Å². The highest BCUT2D eigenvalue weighted by Crippen LogP contribution is 2.48. The molecule has 90 valence electrons. The van der Waals surface area contributed by atoms with Crippen molar-refractivity contribution in [3.05, 3.63) is 41.0 Å². The Balaban J connectivity index is 2.14. The summed E-state index contributed by atoms with van der Waals surface area (Å²) in [5, 5.41) is 0. The Morgan fingerprint density at radius 3 is 2.76 bits per heavy atom. The summed E-state index contributed by atoms with van der Waals surface area (Å²) in [5.41, 5.74) is 6.45. The first-order chi connectivity index (χ1) is 8.18. The van der Waals surface area contributed by atoms with Crippen LogP contribution in [0.4, 0.5) is 0 Å². The molecule has 0 saturated carbocycles. The zero-order valence-electron chi connectivity index (χ0n) is 11.0. The van der Waals surface area contributed by atoms with Crippen molar-refractivity contribution in [2.75, 3.05) is 20.1 Å². The minimum Gasteiger partial charge on any atom is -0.305 e. The summed E-state index contributed by atoms with van der Waals surface area (Å²) in [6, 6.07) is 9.02. The molecule has 0 spiro atoms. The average molecular weight is 227 g/mol. The number of benzene rings is 1. The minimum absolute atomic E-state index is 0.652. The zero-order chi connectivity index (χ0) is 12.0. The van der Waals surface area contributed by atoms with E-state index in [0.29, 0.717) is 11.8 Å². The van der Waals surface area contributed by atoms with Gasteiger partial charge in [-0.05, 0) is 36.1 Å². The first kappa shape index (κ1) is 11.0. The number of hydrogen-bond donors (Lipinski definition) is 0. The van der Waals surface area contributed by atoms with E-state index in [-0.39, 0.29) is 0 Å². The molecule has 17 heavy (non-hydrogen) atoms. The van der Waals surface area contributed by atoms with E-state index in [1.165, 1.54) is 25.1 Å². The SMILES string of the molecule is CC(C)C1=C2CCN(C)CC2c2ccccc21. The quantitative estimate of drug-likeness (QED) is 0.709. The highest BCUT2D eigenvalue weighted by atomic mass is 15.1. The number of rotatable bonds is 1. The van der Waals surface area contributed by atoms with Crippen molar-refractivity contribution in [2.24, 2.45) is 5.92 Å². The van der Waals surface area contributed by atoms with Crippen LogP contribution in [-0.4, -0.2) is 25.0 Å². The van der Waals surface area contributed by atoms with Crippen molar-refractivity contribution in [1.29, 1.82) is 0 Å². The third kappa shape index (κ3) is 1.64. The van der Waals surface area contributed by atoms with Crippen molar-refractivity contribution in [1.82, 2.24) is 4.90 Å². The van der Waals surface area contributed by atoms with Crippen molar-refractivity contribution in [3.8, 4) is 0 Å². The Hall–Kier alpha value is -1.08. The topological polar surface area (TPSA) is 3.24 Å². The fraction of sp³-hybridized carbons (Fsp3) is 0.500. The van der Waals surface area contributed by atoms with Gasteiger partial charge in [-0.25, -0.2) is 0 Å². The van der Waals surface area contributed by atoms with Crippen LogP contribution in [0.25, 0.3) is 5.57 Å². The summed E-state index contributed by atoms with van der Waals surface area (Å²) in [7, 11) is 2.24. The van der Waals surface area contributed by atoms with Crippen LogP contribution < -0.4 is 0 Å². The molecule has 1 aromatic rings. The molecule has 1 atom stereocenters. The van der Waals surface area contributed by atoms with Gasteiger partial charge in [0.2, 0.25) is 0 Å². The summed E-state index contributed by atoms with van der Waals surface area (Å²) >= 11 is 0. The van der Waals surface area contributed by atoms with Gasteiger partial charge in [-0.2, -0.15) is 0 Å². The van der Waals surface area contributed by atoms with Gasteiger partial charge in [-0.1, -0.05) is 43.7 Å². The maximum atomic E-state index is 2.47. The molecule has 1 unspecified atom stereocenters. The van der Waals surface area contributed by atoms with Gasteiger partial charge in [0.05, 0.1) is 0 Å². The van der Waals surface area contributed by atoms with E-state index in [4.69, 9.17) is 0 Å². The monoisotopic (exact) mass is 227 g/mol. The maximum absolute atomic E-state index is 2.47. The van der Waals surface area contributed by atoms with E-state index >= 15 is 0 Å². The maximum Gasteiger partial charge on any atom is 0.0188 e. The van der Waals surface area contributed by atoms with Gasteiger partial charge in [-0.3, -0.25) is 0 Å². The van der Waals surface area contributed by atoms with E-state index < -0.39 is 0 Å². The van der Waals surface area contributed by atoms with E-state index in [9.17, 15) is 0 Å². The van der Waals surface area contributed by atoms with Crippen LogP contribution in [-0.2, 0) is 0 Å². The molecule has 0 N–H and O–H groups in total. The molecule has 0 amide bonds. The van der Waals surface area contributed by atoms with E-state index in [1.807, 2.05) is 0 Å². The number of piperidine rings is 1. The fourth-order valence-corrected chi connectivity index (χ4v) is 3.51. The lowest BCUT2D eigenvalue weighted by Gasteiger charge is -2.30. The second-order valence-corrected chi connectivity index (χ2v) is 5.75. The highest BCUT2D eigenvalue weighted by Gasteiger charge is 2.34. The predicted molar refractivity (Wildman–Crippen MR) is 73.1 cm³/mol.